The van der Waals surface area contributed by atoms with Gasteiger partial charge in [-0.1, -0.05) is 30.3 Å². The van der Waals surface area contributed by atoms with Gasteiger partial charge in [0.05, 0.1) is 23.7 Å². The van der Waals surface area contributed by atoms with Crippen molar-refractivity contribution in [2.45, 2.75) is 19.2 Å². The lowest BCUT2D eigenvalue weighted by Crippen LogP contribution is -2.33. The van der Waals surface area contributed by atoms with Gasteiger partial charge in [0.1, 0.15) is 16.8 Å². The van der Waals surface area contributed by atoms with Gasteiger partial charge in [0, 0.05) is 7.05 Å². The molecule has 1 aromatic heterocycles. The Bertz CT molecular complexity index is 1090. The fraction of sp³-hybridized carbons (Fsp3) is 0.273. The number of hydrogen-bond acceptors (Lipinski definition) is 4. The van der Waals surface area contributed by atoms with E-state index in [1.807, 2.05) is 75.5 Å². The van der Waals surface area contributed by atoms with Gasteiger partial charge in [-0.3, -0.25) is 19.2 Å². The molecule has 4 rings (SSSR count). The Balaban J connectivity index is 1.78. The van der Waals surface area contributed by atoms with E-state index in [-0.39, 0.29) is 16.8 Å². The summed E-state index contributed by atoms with van der Waals surface area (Å²) in [6, 6.07) is 17.2. The van der Waals surface area contributed by atoms with E-state index in [0.717, 1.165) is 22.7 Å². The third-order valence-electron chi connectivity index (χ3n) is 5.11. The number of amides is 1. The molecule has 0 aliphatic carbocycles. The highest BCUT2D eigenvalue weighted by Gasteiger charge is 2.38. The predicted octanol–water partition coefficient (Wildman–Crippen LogP) is 3.66. The molecular formula is C22H23N3O3S. The summed E-state index contributed by atoms with van der Waals surface area (Å²) in [5.74, 6) is 1.08. The number of rotatable bonds is 5. The van der Waals surface area contributed by atoms with Gasteiger partial charge in [-0.2, -0.15) is 0 Å². The van der Waals surface area contributed by atoms with Crippen LogP contribution < -0.4 is 15.2 Å². The number of carbonyl (C=O) groups excluding carboxylic acids is 1. The van der Waals surface area contributed by atoms with Crippen LogP contribution in [0.2, 0.25) is 0 Å². The van der Waals surface area contributed by atoms with E-state index in [0.29, 0.717) is 18.0 Å². The maximum atomic E-state index is 13.4. The number of aromatic nitrogens is 2. The van der Waals surface area contributed by atoms with Crippen molar-refractivity contribution in [3.63, 3.8) is 0 Å². The summed E-state index contributed by atoms with van der Waals surface area (Å²) in [7, 11) is 1.84. The molecule has 1 fully saturated rings. The van der Waals surface area contributed by atoms with Crippen LogP contribution in [0.4, 0.5) is 5.69 Å². The van der Waals surface area contributed by atoms with Crippen LogP contribution in [0, 0.1) is 6.92 Å². The number of nitrogens with zero attached hydrogens (tertiary/aromatic N) is 3. The summed E-state index contributed by atoms with van der Waals surface area (Å²) >= 11 is 1.53. The van der Waals surface area contributed by atoms with Crippen LogP contribution in [-0.2, 0) is 11.8 Å². The minimum absolute atomic E-state index is 0.0557. The second-order valence-electron chi connectivity index (χ2n) is 6.84. The van der Waals surface area contributed by atoms with Gasteiger partial charge < -0.3 is 4.74 Å². The quantitative estimate of drug-likeness (QED) is 0.645. The molecule has 1 aliphatic heterocycles. The van der Waals surface area contributed by atoms with Gasteiger partial charge in [-0.05, 0) is 43.7 Å². The van der Waals surface area contributed by atoms with E-state index in [9.17, 15) is 9.59 Å². The molecule has 0 radical (unpaired) electrons. The van der Waals surface area contributed by atoms with Crippen molar-refractivity contribution >= 4 is 23.4 Å². The number of carbonyl (C=O) groups is 1. The first-order valence-corrected chi connectivity index (χ1v) is 10.6. The molecule has 1 aliphatic rings. The van der Waals surface area contributed by atoms with Crippen LogP contribution in [0.5, 0.6) is 5.75 Å². The zero-order valence-corrected chi connectivity index (χ0v) is 17.5. The van der Waals surface area contributed by atoms with Gasteiger partial charge in [0.15, 0.2) is 0 Å². The fourth-order valence-corrected chi connectivity index (χ4v) is 4.80. The van der Waals surface area contributed by atoms with Gasteiger partial charge >= 0.3 is 0 Å². The van der Waals surface area contributed by atoms with E-state index >= 15 is 0 Å². The molecule has 1 saturated heterocycles. The SMILES string of the molecule is CCOc1ccc([C@@H]2SCC(=O)N2c2c(C)n(C)n(-c3ccccc3)c2=O)cc1. The Morgan fingerprint density at radius 1 is 1.07 bits per heavy atom. The normalized spacial score (nSPS) is 16.4. The average molecular weight is 410 g/mol. The Kier molecular flexibility index (Phi) is 5.24. The van der Waals surface area contributed by atoms with Crippen molar-refractivity contribution in [1.82, 2.24) is 9.36 Å². The molecule has 1 amide bonds. The van der Waals surface area contributed by atoms with Crippen molar-refractivity contribution < 1.29 is 9.53 Å². The van der Waals surface area contributed by atoms with Crippen LogP contribution in [0.25, 0.3) is 5.69 Å². The summed E-state index contributed by atoms with van der Waals surface area (Å²) < 4.78 is 8.93. The molecule has 7 heteroatoms. The largest absolute Gasteiger partial charge is 0.494 e. The van der Waals surface area contributed by atoms with E-state index in [1.165, 1.54) is 11.8 Å². The Morgan fingerprint density at radius 2 is 1.76 bits per heavy atom. The molecule has 150 valence electrons. The zero-order chi connectivity index (χ0) is 20.5. The van der Waals surface area contributed by atoms with Crippen LogP contribution in [0.3, 0.4) is 0 Å². The van der Waals surface area contributed by atoms with Crippen LogP contribution in [-0.4, -0.2) is 27.6 Å². The first-order chi connectivity index (χ1) is 14.0. The van der Waals surface area contributed by atoms with Gasteiger partial charge in [0.25, 0.3) is 5.56 Å². The number of hydrogen-bond donors (Lipinski definition) is 0. The number of benzene rings is 2. The van der Waals surface area contributed by atoms with E-state index in [1.54, 1.807) is 14.3 Å². The van der Waals surface area contributed by atoms with Crippen molar-refractivity contribution in [2.24, 2.45) is 7.05 Å². The summed E-state index contributed by atoms with van der Waals surface area (Å²) in [5, 5.41) is -0.240. The second-order valence-corrected chi connectivity index (χ2v) is 7.91. The molecule has 0 N–H and O–H groups in total. The Hall–Kier alpha value is -2.93. The lowest BCUT2D eigenvalue weighted by atomic mass is 10.2. The van der Waals surface area contributed by atoms with Crippen LogP contribution in [0.15, 0.2) is 59.4 Å². The molecule has 0 spiro atoms. The minimum atomic E-state index is -0.240. The molecule has 3 aromatic rings. The highest BCUT2D eigenvalue weighted by molar-refractivity contribution is 8.00. The predicted molar refractivity (Wildman–Crippen MR) is 116 cm³/mol. The summed E-state index contributed by atoms with van der Waals surface area (Å²) in [4.78, 5) is 27.8. The first-order valence-electron chi connectivity index (χ1n) is 9.53. The van der Waals surface area contributed by atoms with Gasteiger partial charge in [0.2, 0.25) is 5.91 Å². The second kappa shape index (κ2) is 7.83. The Labute approximate surface area is 173 Å². The highest BCUT2D eigenvalue weighted by Crippen LogP contribution is 2.42. The van der Waals surface area contributed by atoms with Crippen molar-refractivity contribution in [2.75, 3.05) is 17.3 Å². The summed E-state index contributed by atoms with van der Waals surface area (Å²) in [5.41, 5.74) is 2.74. The van der Waals surface area contributed by atoms with E-state index in [2.05, 4.69) is 0 Å². The standard InChI is InChI=1S/C22H23N3O3S/c1-4-28-18-12-10-16(11-13-18)22-24(19(26)14-29-22)20-15(2)23(3)25(21(20)27)17-8-6-5-7-9-17/h5-13,22H,4,14H2,1-3H3/t22-/m0/s1. The van der Waals surface area contributed by atoms with Crippen molar-refractivity contribution in [3.05, 3.63) is 76.2 Å². The van der Waals surface area contributed by atoms with E-state index in [4.69, 9.17) is 4.74 Å². The molecule has 1 atom stereocenters. The monoisotopic (exact) mass is 409 g/mol. The van der Waals surface area contributed by atoms with Crippen LogP contribution >= 0.6 is 11.8 Å². The Morgan fingerprint density at radius 3 is 2.41 bits per heavy atom. The maximum absolute atomic E-state index is 13.4. The van der Waals surface area contributed by atoms with Gasteiger partial charge in [-0.15, -0.1) is 11.8 Å². The smallest absolute Gasteiger partial charge is 0.295 e. The van der Waals surface area contributed by atoms with Crippen molar-refractivity contribution in [1.29, 1.82) is 0 Å². The topological polar surface area (TPSA) is 56.5 Å². The number of anilines is 1. The number of ether oxygens (including phenoxy) is 1. The molecule has 6 nitrogen and oxygen atoms in total. The van der Waals surface area contributed by atoms with E-state index < -0.39 is 0 Å². The summed E-state index contributed by atoms with van der Waals surface area (Å²) in [6.07, 6.45) is 0. The van der Waals surface area contributed by atoms with Crippen LogP contribution in [0.1, 0.15) is 23.6 Å². The fourth-order valence-electron chi connectivity index (χ4n) is 3.64. The molecular weight excluding hydrogens is 386 g/mol. The maximum Gasteiger partial charge on any atom is 0.295 e. The third-order valence-corrected chi connectivity index (χ3v) is 6.32. The minimum Gasteiger partial charge on any atom is -0.494 e. The molecule has 0 saturated carbocycles. The molecule has 2 aromatic carbocycles. The van der Waals surface area contributed by atoms with Crippen molar-refractivity contribution in [3.8, 4) is 11.4 Å². The number of para-hydroxylation sites is 1. The first kappa shape index (κ1) is 19.4. The number of thioether (sulfide) groups is 1. The van der Waals surface area contributed by atoms with Gasteiger partial charge in [-0.25, -0.2) is 4.68 Å². The molecule has 29 heavy (non-hydrogen) atoms. The molecule has 0 unspecified atom stereocenters. The molecule has 0 bridgehead atoms. The average Bonchev–Trinajstić information content (AvgIpc) is 3.20. The summed E-state index contributed by atoms with van der Waals surface area (Å²) in [6.45, 7) is 4.42. The molecule has 2 heterocycles. The zero-order valence-electron chi connectivity index (χ0n) is 16.7. The lowest BCUT2D eigenvalue weighted by molar-refractivity contribution is -0.115. The third kappa shape index (κ3) is 3.35. The lowest BCUT2D eigenvalue weighted by Gasteiger charge is -2.23. The highest BCUT2D eigenvalue weighted by atomic mass is 32.2.